The van der Waals surface area contributed by atoms with Gasteiger partial charge in [0.15, 0.2) is 0 Å². The van der Waals surface area contributed by atoms with Crippen LogP contribution < -0.4 is 10.2 Å². The van der Waals surface area contributed by atoms with Crippen LogP contribution in [0.25, 0.3) is 10.9 Å². The van der Waals surface area contributed by atoms with E-state index in [9.17, 15) is 9.59 Å². The average molecular weight is 448 g/mol. The predicted octanol–water partition coefficient (Wildman–Crippen LogP) is 3.21. The maximum atomic E-state index is 13.5. The van der Waals surface area contributed by atoms with Crippen molar-refractivity contribution in [3.05, 3.63) is 69.6 Å². The third kappa shape index (κ3) is 4.02. The van der Waals surface area contributed by atoms with E-state index in [4.69, 9.17) is 9.47 Å². The molecule has 7 nitrogen and oxygen atoms in total. The van der Waals surface area contributed by atoms with E-state index in [-0.39, 0.29) is 35.1 Å². The van der Waals surface area contributed by atoms with Gasteiger partial charge in [-0.25, -0.2) is 4.98 Å². The molecule has 1 amide bonds. The van der Waals surface area contributed by atoms with Gasteiger partial charge in [-0.05, 0) is 31.9 Å². The molecular formula is C26H29N3O4. The van der Waals surface area contributed by atoms with Crippen LogP contribution in [-0.2, 0) is 24.1 Å². The number of ether oxygens (including phenoxy) is 2. The highest BCUT2D eigenvalue weighted by molar-refractivity contribution is 5.97. The van der Waals surface area contributed by atoms with E-state index in [1.54, 1.807) is 23.4 Å². The zero-order chi connectivity index (χ0) is 23.1. The number of morpholine rings is 1. The van der Waals surface area contributed by atoms with Crippen molar-refractivity contribution in [1.82, 2.24) is 14.5 Å². The number of fused-ring (bicyclic) bond motifs is 2. The Kier molecular flexibility index (Phi) is 5.66. The van der Waals surface area contributed by atoms with Crippen molar-refractivity contribution in [3.63, 3.8) is 0 Å². The number of amides is 1. The quantitative estimate of drug-likeness (QED) is 0.614. The summed E-state index contributed by atoms with van der Waals surface area (Å²) in [5.74, 6) is 0.162. The summed E-state index contributed by atoms with van der Waals surface area (Å²) in [4.78, 5) is 33.1. The number of pyridine rings is 2. The molecule has 0 saturated carbocycles. The van der Waals surface area contributed by atoms with E-state index in [0.717, 1.165) is 12.8 Å². The van der Waals surface area contributed by atoms with E-state index in [1.165, 1.54) is 11.1 Å². The number of nitrogens with zero attached hydrogens (tertiary/aromatic N) is 3. The highest BCUT2D eigenvalue weighted by Gasteiger charge is 2.30. The summed E-state index contributed by atoms with van der Waals surface area (Å²) >= 11 is 0. The van der Waals surface area contributed by atoms with Crippen molar-refractivity contribution in [2.75, 3.05) is 13.2 Å². The van der Waals surface area contributed by atoms with Crippen LogP contribution in [-0.4, -0.2) is 51.8 Å². The van der Waals surface area contributed by atoms with E-state index in [0.29, 0.717) is 36.5 Å². The molecule has 5 rings (SSSR count). The Bertz CT molecular complexity index is 1240. The standard InChI is InChI=1S/C26H29N3O4/c1-4-28-14-22(26(31)29-13-17(3)32-15-16(29)2)25(30)21-11-24(27-12-23(21)28)33-20-9-18-7-5-6-8-19(18)10-20/h5-8,11-12,14,16-17,20H,4,9-10,13,15H2,1-3H3. The minimum atomic E-state index is -0.284. The van der Waals surface area contributed by atoms with Gasteiger partial charge in [0.2, 0.25) is 11.3 Å². The van der Waals surface area contributed by atoms with Gasteiger partial charge >= 0.3 is 0 Å². The molecule has 3 aromatic rings. The molecule has 1 saturated heterocycles. The largest absolute Gasteiger partial charge is 0.474 e. The predicted molar refractivity (Wildman–Crippen MR) is 126 cm³/mol. The summed E-state index contributed by atoms with van der Waals surface area (Å²) in [7, 11) is 0. The molecule has 1 aromatic carbocycles. The fraction of sp³-hybridized carbons (Fsp3) is 0.423. The number of benzene rings is 1. The molecule has 2 aliphatic rings. The summed E-state index contributed by atoms with van der Waals surface area (Å²) in [6.45, 7) is 7.42. The molecule has 0 N–H and O–H groups in total. The summed E-state index contributed by atoms with van der Waals surface area (Å²) in [6.07, 6.45) is 4.91. The Hall–Kier alpha value is -3.19. The Morgan fingerprint density at radius 1 is 1.21 bits per heavy atom. The number of aryl methyl sites for hydroxylation is 1. The van der Waals surface area contributed by atoms with Crippen LogP contribution in [0.4, 0.5) is 0 Å². The van der Waals surface area contributed by atoms with Gasteiger partial charge in [-0.2, -0.15) is 0 Å². The van der Waals surface area contributed by atoms with Crippen LogP contribution in [0.2, 0.25) is 0 Å². The molecule has 1 aliphatic carbocycles. The topological polar surface area (TPSA) is 73.7 Å². The molecule has 0 spiro atoms. The molecular weight excluding hydrogens is 418 g/mol. The lowest BCUT2D eigenvalue weighted by Gasteiger charge is -2.36. The lowest BCUT2D eigenvalue weighted by atomic mass is 10.1. The van der Waals surface area contributed by atoms with Gasteiger partial charge in [0, 0.05) is 38.2 Å². The average Bonchev–Trinajstić information content (AvgIpc) is 3.23. The lowest BCUT2D eigenvalue weighted by Crippen LogP contribution is -2.51. The molecule has 3 heterocycles. The molecule has 1 fully saturated rings. The SMILES string of the molecule is CCn1cc(C(=O)N2CC(C)OCC2C)c(=O)c2cc(OC3Cc4ccccc4C3)ncc21. The van der Waals surface area contributed by atoms with Gasteiger partial charge in [-0.3, -0.25) is 9.59 Å². The minimum absolute atomic E-state index is 0.0127. The number of hydrogen-bond donors (Lipinski definition) is 0. The first-order chi connectivity index (χ1) is 15.9. The first kappa shape index (κ1) is 21.6. The molecule has 172 valence electrons. The Balaban J connectivity index is 1.48. The zero-order valence-electron chi connectivity index (χ0n) is 19.3. The van der Waals surface area contributed by atoms with Crippen LogP contribution in [0, 0.1) is 0 Å². The van der Waals surface area contributed by atoms with Gasteiger partial charge < -0.3 is 18.9 Å². The number of carbonyl (C=O) groups excluding carboxylic acids is 1. The smallest absolute Gasteiger partial charge is 0.259 e. The van der Waals surface area contributed by atoms with E-state index in [2.05, 4.69) is 17.1 Å². The van der Waals surface area contributed by atoms with Crippen LogP contribution >= 0.6 is 0 Å². The van der Waals surface area contributed by atoms with Gasteiger partial charge in [-0.15, -0.1) is 0 Å². The van der Waals surface area contributed by atoms with Crippen LogP contribution in [0.15, 0.2) is 47.5 Å². The zero-order valence-corrected chi connectivity index (χ0v) is 19.3. The Morgan fingerprint density at radius 3 is 2.64 bits per heavy atom. The second-order valence-corrected chi connectivity index (χ2v) is 9.06. The monoisotopic (exact) mass is 447 g/mol. The summed E-state index contributed by atoms with van der Waals surface area (Å²) in [6, 6.07) is 9.93. The fourth-order valence-corrected chi connectivity index (χ4v) is 4.86. The minimum Gasteiger partial charge on any atom is -0.474 e. The van der Waals surface area contributed by atoms with Crippen LogP contribution in [0.3, 0.4) is 0 Å². The van der Waals surface area contributed by atoms with Crippen molar-refractivity contribution in [1.29, 1.82) is 0 Å². The van der Waals surface area contributed by atoms with Crippen molar-refractivity contribution in [2.24, 2.45) is 0 Å². The third-order valence-corrected chi connectivity index (χ3v) is 6.68. The van der Waals surface area contributed by atoms with Gasteiger partial charge in [-0.1, -0.05) is 24.3 Å². The van der Waals surface area contributed by atoms with Gasteiger partial charge in [0.05, 0.1) is 35.9 Å². The third-order valence-electron chi connectivity index (χ3n) is 6.68. The van der Waals surface area contributed by atoms with Crippen molar-refractivity contribution >= 4 is 16.8 Å². The first-order valence-corrected chi connectivity index (χ1v) is 11.6. The molecule has 2 aromatic heterocycles. The maximum Gasteiger partial charge on any atom is 0.259 e. The second kappa shape index (κ2) is 8.63. The van der Waals surface area contributed by atoms with Gasteiger partial charge in [0.25, 0.3) is 5.91 Å². The van der Waals surface area contributed by atoms with Crippen molar-refractivity contribution in [3.8, 4) is 5.88 Å². The van der Waals surface area contributed by atoms with Crippen molar-refractivity contribution < 1.29 is 14.3 Å². The highest BCUT2D eigenvalue weighted by atomic mass is 16.5. The molecule has 0 radical (unpaired) electrons. The summed E-state index contributed by atoms with van der Waals surface area (Å²) in [5.41, 5.74) is 3.17. The van der Waals surface area contributed by atoms with Crippen molar-refractivity contribution in [2.45, 2.75) is 58.4 Å². The Morgan fingerprint density at radius 2 is 1.94 bits per heavy atom. The second-order valence-electron chi connectivity index (χ2n) is 9.06. The normalized spacial score (nSPS) is 20.8. The summed E-state index contributed by atoms with van der Waals surface area (Å²) < 4.78 is 13.7. The number of rotatable bonds is 4. The first-order valence-electron chi connectivity index (χ1n) is 11.6. The summed E-state index contributed by atoms with van der Waals surface area (Å²) in [5, 5.41) is 0.456. The van der Waals surface area contributed by atoms with E-state index < -0.39 is 0 Å². The number of hydrogen-bond acceptors (Lipinski definition) is 5. The van der Waals surface area contributed by atoms with Crippen LogP contribution in [0.5, 0.6) is 5.88 Å². The Labute approximate surface area is 192 Å². The van der Waals surface area contributed by atoms with E-state index in [1.807, 2.05) is 37.5 Å². The molecule has 2 atom stereocenters. The van der Waals surface area contributed by atoms with Gasteiger partial charge in [0.1, 0.15) is 11.7 Å². The number of aromatic nitrogens is 2. The molecule has 1 aliphatic heterocycles. The van der Waals surface area contributed by atoms with Crippen LogP contribution in [0.1, 0.15) is 42.3 Å². The molecule has 33 heavy (non-hydrogen) atoms. The molecule has 7 heteroatoms. The molecule has 0 bridgehead atoms. The maximum absolute atomic E-state index is 13.5. The molecule has 2 unspecified atom stereocenters. The fourth-order valence-electron chi connectivity index (χ4n) is 4.86. The van der Waals surface area contributed by atoms with E-state index >= 15 is 0 Å². The lowest BCUT2D eigenvalue weighted by molar-refractivity contribution is -0.0387. The highest BCUT2D eigenvalue weighted by Crippen LogP contribution is 2.26. The number of carbonyl (C=O) groups is 1.